The van der Waals surface area contributed by atoms with Gasteiger partial charge in [0.1, 0.15) is 22.3 Å². The minimum absolute atomic E-state index is 0.857. The SMILES string of the molecule is c1ccc(N(c2ccccc2)c2ccc3cc(N(c4ccc5c(c4)oc4ccccc45)c4ccc5oc6ccccc6c5c4)ccc3c2)cc1. The Morgan fingerprint density at radius 1 is 0.260 bits per heavy atom. The average molecular weight is 643 g/mol. The van der Waals surface area contributed by atoms with Gasteiger partial charge < -0.3 is 18.6 Å². The van der Waals surface area contributed by atoms with E-state index in [-0.39, 0.29) is 0 Å². The van der Waals surface area contributed by atoms with Crippen LogP contribution in [0.5, 0.6) is 0 Å². The Morgan fingerprint density at radius 3 is 1.32 bits per heavy atom. The predicted molar refractivity (Wildman–Crippen MR) is 208 cm³/mol. The number of nitrogens with zero attached hydrogens (tertiary/aromatic N) is 2. The molecular weight excluding hydrogens is 613 g/mol. The Labute approximate surface area is 288 Å². The van der Waals surface area contributed by atoms with E-state index in [9.17, 15) is 0 Å². The Hall–Kier alpha value is -6.78. The first kappa shape index (κ1) is 28.3. The fourth-order valence-electron chi connectivity index (χ4n) is 7.25. The minimum atomic E-state index is 0.857. The summed E-state index contributed by atoms with van der Waals surface area (Å²) in [6.07, 6.45) is 0. The molecule has 8 aromatic carbocycles. The first-order valence-electron chi connectivity index (χ1n) is 16.8. The summed E-state index contributed by atoms with van der Waals surface area (Å²) in [7, 11) is 0. The average Bonchev–Trinajstić information content (AvgIpc) is 3.74. The fraction of sp³-hybridized carbons (Fsp3) is 0. The largest absolute Gasteiger partial charge is 0.456 e. The molecule has 0 aliphatic carbocycles. The van der Waals surface area contributed by atoms with Gasteiger partial charge in [0.05, 0.1) is 0 Å². The molecule has 0 radical (unpaired) electrons. The molecule has 0 aliphatic heterocycles. The lowest BCUT2D eigenvalue weighted by atomic mass is 10.1. The molecule has 0 atom stereocenters. The normalized spacial score (nSPS) is 11.6. The molecule has 10 aromatic rings. The zero-order valence-corrected chi connectivity index (χ0v) is 27.0. The molecule has 50 heavy (non-hydrogen) atoms. The molecule has 2 heterocycles. The zero-order valence-electron chi connectivity index (χ0n) is 27.0. The molecule has 0 saturated heterocycles. The molecule has 236 valence electrons. The highest BCUT2D eigenvalue weighted by molar-refractivity contribution is 6.08. The molecule has 4 heteroatoms. The Morgan fingerprint density at radius 2 is 0.680 bits per heavy atom. The van der Waals surface area contributed by atoms with Crippen molar-refractivity contribution in [2.75, 3.05) is 9.80 Å². The summed E-state index contributed by atoms with van der Waals surface area (Å²) in [5.74, 6) is 0. The van der Waals surface area contributed by atoms with Crippen molar-refractivity contribution < 1.29 is 8.83 Å². The van der Waals surface area contributed by atoms with Gasteiger partial charge in [0.2, 0.25) is 0 Å². The van der Waals surface area contributed by atoms with Crippen molar-refractivity contribution in [3.8, 4) is 0 Å². The molecule has 10 rings (SSSR count). The van der Waals surface area contributed by atoms with Crippen molar-refractivity contribution in [3.63, 3.8) is 0 Å². The van der Waals surface area contributed by atoms with E-state index in [0.29, 0.717) is 0 Å². The van der Waals surface area contributed by atoms with Crippen LogP contribution in [0.2, 0.25) is 0 Å². The zero-order chi connectivity index (χ0) is 33.0. The molecule has 2 aromatic heterocycles. The van der Waals surface area contributed by atoms with E-state index in [4.69, 9.17) is 8.83 Å². The van der Waals surface area contributed by atoms with Gasteiger partial charge in [-0.2, -0.15) is 0 Å². The Bertz CT molecular complexity index is 2800. The lowest BCUT2D eigenvalue weighted by Crippen LogP contribution is -2.10. The van der Waals surface area contributed by atoms with Gasteiger partial charge in [0.25, 0.3) is 0 Å². The van der Waals surface area contributed by atoms with Crippen molar-refractivity contribution >= 4 is 88.8 Å². The van der Waals surface area contributed by atoms with Gasteiger partial charge in [-0.25, -0.2) is 0 Å². The molecule has 0 unspecified atom stereocenters. The van der Waals surface area contributed by atoms with Crippen LogP contribution in [0.4, 0.5) is 34.1 Å². The monoisotopic (exact) mass is 642 g/mol. The number of furan rings is 2. The second-order valence-electron chi connectivity index (χ2n) is 12.6. The number of benzene rings is 8. The van der Waals surface area contributed by atoms with Crippen molar-refractivity contribution in [1.29, 1.82) is 0 Å². The standard InChI is InChI=1S/C46H30N2O2/c1-3-11-33(12-4-1)47(34-13-5-2-6-14-34)35-21-19-32-28-36(22-20-31(32)27-35)48(37-24-26-45-42(29-37)40-16-8-10-18-44(40)49-45)38-23-25-41-39-15-7-9-17-43(39)50-46(41)30-38/h1-30H. The van der Waals surface area contributed by atoms with Crippen molar-refractivity contribution in [2.45, 2.75) is 0 Å². The van der Waals surface area contributed by atoms with E-state index < -0.39 is 0 Å². The third-order valence-corrected chi connectivity index (χ3v) is 9.59. The van der Waals surface area contributed by atoms with E-state index in [1.807, 2.05) is 24.3 Å². The topological polar surface area (TPSA) is 32.8 Å². The smallest absolute Gasteiger partial charge is 0.137 e. The van der Waals surface area contributed by atoms with Gasteiger partial charge in [-0.05, 0) is 102 Å². The number of rotatable bonds is 6. The molecule has 4 nitrogen and oxygen atoms in total. The minimum Gasteiger partial charge on any atom is -0.456 e. The summed E-state index contributed by atoms with van der Waals surface area (Å²) in [4.78, 5) is 4.61. The maximum Gasteiger partial charge on any atom is 0.137 e. The quantitative estimate of drug-likeness (QED) is 0.181. The van der Waals surface area contributed by atoms with Gasteiger partial charge in [-0.3, -0.25) is 0 Å². The van der Waals surface area contributed by atoms with Crippen molar-refractivity contribution in [3.05, 3.63) is 182 Å². The van der Waals surface area contributed by atoms with E-state index in [2.05, 4.69) is 168 Å². The van der Waals surface area contributed by atoms with Gasteiger partial charge in [0.15, 0.2) is 0 Å². The maximum atomic E-state index is 6.36. The van der Waals surface area contributed by atoms with Crippen LogP contribution in [0.15, 0.2) is 191 Å². The molecule has 0 bridgehead atoms. The van der Waals surface area contributed by atoms with Crippen LogP contribution in [0.1, 0.15) is 0 Å². The van der Waals surface area contributed by atoms with E-state index in [0.717, 1.165) is 88.8 Å². The van der Waals surface area contributed by atoms with Gasteiger partial charge >= 0.3 is 0 Å². The van der Waals surface area contributed by atoms with Crippen LogP contribution in [-0.2, 0) is 0 Å². The van der Waals surface area contributed by atoms with Gasteiger partial charge in [-0.15, -0.1) is 0 Å². The maximum absolute atomic E-state index is 6.36. The summed E-state index contributed by atoms with van der Waals surface area (Å²) < 4.78 is 12.6. The van der Waals surface area contributed by atoms with Crippen LogP contribution in [0.3, 0.4) is 0 Å². The fourth-order valence-corrected chi connectivity index (χ4v) is 7.25. The number of hydrogen-bond acceptors (Lipinski definition) is 4. The number of para-hydroxylation sites is 4. The van der Waals surface area contributed by atoms with E-state index in [1.54, 1.807) is 0 Å². The van der Waals surface area contributed by atoms with Crippen LogP contribution in [0, 0.1) is 0 Å². The second-order valence-corrected chi connectivity index (χ2v) is 12.6. The third kappa shape index (κ3) is 4.69. The number of hydrogen-bond donors (Lipinski definition) is 0. The summed E-state index contributed by atoms with van der Waals surface area (Å²) >= 11 is 0. The van der Waals surface area contributed by atoms with Crippen LogP contribution < -0.4 is 9.80 Å². The first-order valence-corrected chi connectivity index (χ1v) is 16.8. The van der Waals surface area contributed by atoms with Crippen LogP contribution in [0.25, 0.3) is 54.6 Å². The van der Waals surface area contributed by atoms with Crippen LogP contribution in [-0.4, -0.2) is 0 Å². The number of fused-ring (bicyclic) bond motifs is 7. The first-order chi connectivity index (χ1) is 24.8. The van der Waals surface area contributed by atoms with E-state index in [1.165, 1.54) is 0 Å². The Balaban J connectivity index is 1.13. The summed E-state index contributed by atoms with van der Waals surface area (Å²) in [5.41, 5.74) is 9.94. The van der Waals surface area contributed by atoms with Crippen LogP contribution >= 0.6 is 0 Å². The summed E-state index contributed by atoms with van der Waals surface area (Å²) in [6, 6.07) is 63.8. The molecular formula is C46H30N2O2. The van der Waals surface area contributed by atoms with Gasteiger partial charge in [0, 0.05) is 61.7 Å². The summed E-state index contributed by atoms with van der Waals surface area (Å²) in [6.45, 7) is 0. The van der Waals surface area contributed by atoms with Gasteiger partial charge in [-0.1, -0.05) is 84.9 Å². The lowest BCUT2D eigenvalue weighted by Gasteiger charge is -2.27. The third-order valence-electron chi connectivity index (χ3n) is 9.59. The highest BCUT2D eigenvalue weighted by Crippen LogP contribution is 2.42. The molecule has 0 saturated carbocycles. The molecule has 0 fully saturated rings. The predicted octanol–water partition coefficient (Wildman–Crippen LogP) is 13.6. The summed E-state index contributed by atoms with van der Waals surface area (Å²) in [5, 5.41) is 6.72. The highest BCUT2D eigenvalue weighted by Gasteiger charge is 2.19. The Kier molecular flexibility index (Phi) is 6.46. The highest BCUT2D eigenvalue weighted by atomic mass is 16.3. The van der Waals surface area contributed by atoms with Crippen molar-refractivity contribution in [1.82, 2.24) is 0 Å². The van der Waals surface area contributed by atoms with E-state index >= 15 is 0 Å². The molecule has 0 spiro atoms. The van der Waals surface area contributed by atoms with Crippen molar-refractivity contribution in [2.24, 2.45) is 0 Å². The number of anilines is 6. The molecule has 0 aliphatic rings. The lowest BCUT2D eigenvalue weighted by molar-refractivity contribution is 0.668. The molecule has 0 N–H and O–H groups in total. The second kappa shape index (κ2) is 11.4. The molecule has 0 amide bonds.